The molecule has 0 unspecified atom stereocenters. The minimum atomic E-state index is -0.571. The van der Waals surface area contributed by atoms with Crippen LogP contribution in [-0.2, 0) is 49.4 Å². The van der Waals surface area contributed by atoms with E-state index < -0.39 is 23.2 Å². The molecule has 0 nitrogen and oxygen atoms in total. The first-order chi connectivity index (χ1) is 9.24. The molecule has 0 aromatic carbocycles. The second-order valence-electron chi connectivity index (χ2n) is 5.85. The van der Waals surface area contributed by atoms with E-state index in [1.807, 2.05) is 0 Å². The van der Waals surface area contributed by atoms with E-state index in [4.69, 9.17) is 0 Å². The zero-order valence-electron chi connectivity index (χ0n) is 12.9. The monoisotopic (exact) mass is 422 g/mol. The molecule has 2 rings (SSSR count). The number of rotatable bonds is 8. The standard InChI is InChI=1S/2C9H13.2Zr/c2*1-2-3-6-9-7-4-5-8-9;;/h2*4-5,7-8H,2-3,6H2,1H3;;. The Morgan fingerprint density at radius 1 is 0.700 bits per heavy atom. The van der Waals surface area contributed by atoms with Crippen LogP contribution >= 0.6 is 0 Å². The maximum Gasteiger partial charge on any atom is 0 e. The summed E-state index contributed by atoms with van der Waals surface area (Å²) in [6.45, 7) is 4.62. The van der Waals surface area contributed by atoms with Crippen LogP contribution in [0.1, 0.15) is 52.4 Å². The molecule has 20 heavy (non-hydrogen) atoms. The fourth-order valence-corrected chi connectivity index (χ4v) is 8.40. The smallest absolute Gasteiger partial charge is 0 e. The van der Waals surface area contributed by atoms with Gasteiger partial charge in [-0.2, -0.15) is 0 Å². The molecule has 2 heteroatoms. The first-order valence-electron chi connectivity index (χ1n) is 7.78. The summed E-state index contributed by atoms with van der Waals surface area (Å²) in [5.74, 6) is 0. The average molecular weight is 425 g/mol. The van der Waals surface area contributed by atoms with Crippen molar-refractivity contribution in [1.82, 2.24) is 0 Å². The summed E-state index contributed by atoms with van der Waals surface area (Å²) in [6.07, 6.45) is 27.3. The minimum Gasteiger partial charge on any atom is 0 e. The first kappa shape index (κ1) is 18.8. The largest absolute Gasteiger partial charge is 0 e. The van der Waals surface area contributed by atoms with E-state index in [-0.39, 0.29) is 26.2 Å². The Bertz CT molecular complexity index is 340. The summed E-state index contributed by atoms with van der Waals surface area (Å²) in [4.78, 5) is 0. The van der Waals surface area contributed by atoms with Crippen LogP contribution in [0.4, 0.5) is 0 Å². The number of allylic oxidation sites excluding steroid dienone is 8. The van der Waals surface area contributed by atoms with Crippen LogP contribution in [0.5, 0.6) is 0 Å². The van der Waals surface area contributed by atoms with Crippen LogP contribution in [0.15, 0.2) is 48.6 Å². The van der Waals surface area contributed by atoms with Gasteiger partial charge in [0.25, 0.3) is 0 Å². The molecule has 2 aliphatic carbocycles. The molecule has 0 aliphatic heterocycles. The van der Waals surface area contributed by atoms with Gasteiger partial charge in [0.15, 0.2) is 0 Å². The molecule has 0 spiro atoms. The molecule has 0 atom stereocenters. The van der Waals surface area contributed by atoms with Gasteiger partial charge in [-0.1, -0.05) is 0 Å². The van der Waals surface area contributed by atoms with Crippen LogP contribution in [0.25, 0.3) is 0 Å². The van der Waals surface area contributed by atoms with E-state index in [9.17, 15) is 0 Å². The van der Waals surface area contributed by atoms with Crippen molar-refractivity contribution < 1.29 is 49.4 Å². The molecule has 0 saturated carbocycles. The third kappa shape index (κ3) is 4.88. The molecule has 2 aliphatic rings. The average Bonchev–Trinajstić information content (AvgIpc) is 3.05. The van der Waals surface area contributed by atoms with Crippen LogP contribution in [0.2, 0.25) is 6.25 Å². The zero-order valence-corrected chi connectivity index (χ0v) is 17.8. The third-order valence-corrected chi connectivity index (χ3v) is 9.31. The van der Waals surface area contributed by atoms with Crippen molar-refractivity contribution in [3.8, 4) is 0 Å². The van der Waals surface area contributed by atoms with Crippen molar-refractivity contribution in [3.63, 3.8) is 0 Å². The van der Waals surface area contributed by atoms with Crippen molar-refractivity contribution >= 4 is 0 Å². The molecule has 0 radical (unpaired) electrons. The van der Waals surface area contributed by atoms with E-state index >= 15 is 0 Å². The Balaban J connectivity index is 0.00000200. The maximum absolute atomic E-state index is 2.52. The molecule has 0 heterocycles. The van der Waals surface area contributed by atoms with Crippen molar-refractivity contribution in [2.75, 3.05) is 0 Å². The van der Waals surface area contributed by atoms with Gasteiger partial charge in [-0.25, -0.2) is 0 Å². The maximum atomic E-state index is 2.52. The molecular formula is C18H26Zr2. The summed E-state index contributed by atoms with van der Waals surface area (Å²) in [7, 11) is 0. The quantitative estimate of drug-likeness (QED) is 0.447. The SMILES string of the molecule is CCCC[C]1([Zr][C]2(CCCC)C=CC=C2)C=CC=C1.[Zr]. The Labute approximate surface area is 155 Å². The van der Waals surface area contributed by atoms with Gasteiger partial charge in [0.2, 0.25) is 0 Å². The van der Waals surface area contributed by atoms with Gasteiger partial charge in [-0.3, -0.25) is 0 Å². The predicted octanol–water partition coefficient (Wildman–Crippen LogP) is 6.02. The van der Waals surface area contributed by atoms with Gasteiger partial charge >= 0.3 is 130 Å². The normalized spacial score (nSPS) is 20.3. The molecular weight excluding hydrogens is 399 g/mol. The molecule has 0 saturated heterocycles. The summed E-state index contributed by atoms with van der Waals surface area (Å²) >= 11 is -0.571. The molecule has 0 aromatic heterocycles. The van der Waals surface area contributed by atoms with Gasteiger partial charge in [0.1, 0.15) is 0 Å². The van der Waals surface area contributed by atoms with E-state index in [2.05, 4.69) is 62.5 Å². The molecule has 0 bridgehead atoms. The third-order valence-electron chi connectivity index (χ3n) is 4.15. The molecule has 0 N–H and O–H groups in total. The topological polar surface area (TPSA) is 0 Å². The van der Waals surface area contributed by atoms with Crippen LogP contribution < -0.4 is 0 Å². The second-order valence-corrected chi connectivity index (χ2v) is 11.0. The number of hydrogen-bond donors (Lipinski definition) is 0. The van der Waals surface area contributed by atoms with Crippen molar-refractivity contribution in [2.45, 2.75) is 58.6 Å². The summed E-state index contributed by atoms with van der Waals surface area (Å²) < 4.78 is 0.957. The number of unbranched alkanes of at least 4 members (excludes halogenated alkanes) is 2. The van der Waals surface area contributed by atoms with Crippen molar-refractivity contribution in [1.29, 1.82) is 0 Å². The Morgan fingerprint density at radius 3 is 1.35 bits per heavy atom. The van der Waals surface area contributed by atoms with E-state index in [1.54, 1.807) is 0 Å². The Morgan fingerprint density at radius 2 is 1.05 bits per heavy atom. The summed E-state index contributed by atoms with van der Waals surface area (Å²) in [5.41, 5.74) is 0. The fourth-order valence-electron chi connectivity index (χ4n) is 3.02. The Hall–Kier alpha value is 0.726. The number of hydrogen-bond acceptors (Lipinski definition) is 0. The first-order valence-corrected chi connectivity index (χ1v) is 10.2. The molecule has 0 fully saturated rings. The van der Waals surface area contributed by atoms with Gasteiger partial charge in [-0.15, -0.1) is 0 Å². The minimum absolute atomic E-state index is 0. The molecule has 106 valence electrons. The van der Waals surface area contributed by atoms with Crippen molar-refractivity contribution in [3.05, 3.63) is 48.6 Å². The molecule has 0 aromatic rings. The van der Waals surface area contributed by atoms with E-state index in [1.165, 1.54) is 38.5 Å². The van der Waals surface area contributed by atoms with Gasteiger partial charge < -0.3 is 0 Å². The predicted molar refractivity (Wildman–Crippen MR) is 81.0 cm³/mol. The zero-order chi connectivity index (χ0) is 13.6. The summed E-state index contributed by atoms with van der Waals surface area (Å²) in [5, 5.41) is 0. The second kappa shape index (κ2) is 9.00. The Kier molecular flexibility index (Phi) is 8.45. The van der Waals surface area contributed by atoms with Gasteiger partial charge in [-0.05, 0) is 0 Å². The van der Waals surface area contributed by atoms with Gasteiger partial charge in [0.05, 0.1) is 0 Å². The van der Waals surface area contributed by atoms with Crippen LogP contribution in [-0.4, -0.2) is 0 Å². The fraction of sp³-hybridized carbons (Fsp3) is 0.556. The van der Waals surface area contributed by atoms with Crippen LogP contribution in [0.3, 0.4) is 0 Å². The molecule has 0 amide bonds. The van der Waals surface area contributed by atoms with Crippen LogP contribution in [0, 0.1) is 0 Å². The van der Waals surface area contributed by atoms with E-state index in [0.717, 1.165) is 0 Å². The van der Waals surface area contributed by atoms with Gasteiger partial charge in [0, 0.05) is 26.2 Å². The summed E-state index contributed by atoms with van der Waals surface area (Å²) in [6, 6.07) is 0. The van der Waals surface area contributed by atoms with E-state index in [0.29, 0.717) is 6.25 Å². The van der Waals surface area contributed by atoms with Crippen molar-refractivity contribution in [2.24, 2.45) is 0 Å².